The fourth-order valence-electron chi connectivity index (χ4n) is 2.18. The van der Waals surface area contributed by atoms with E-state index in [1.54, 1.807) is 6.07 Å². The molecule has 100 valence electrons. The summed E-state index contributed by atoms with van der Waals surface area (Å²) < 4.78 is 0. The van der Waals surface area contributed by atoms with E-state index >= 15 is 0 Å². The van der Waals surface area contributed by atoms with Gasteiger partial charge in [-0.05, 0) is 6.07 Å². The minimum atomic E-state index is -0.467. The molecular weight excluding hydrogens is 282 g/mol. The number of aromatic nitrogens is 2. The molecule has 8 heteroatoms. The molecule has 0 N–H and O–H groups in total. The number of non-ortho nitro benzene ring substituents is 1. The van der Waals surface area contributed by atoms with Crippen LogP contribution >= 0.6 is 11.6 Å². The normalized spacial score (nSPS) is 14.9. The number of nitro groups is 1. The molecule has 1 fully saturated rings. The molecule has 1 aliphatic heterocycles. The molecule has 3 rings (SSSR count). The SMILES string of the molecule is N#CC1CN(c2nnc(Cl)c3ccc([N+](=O)[O-])cc23)C1. The molecular formula is C12H8ClN5O2. The lowest BCUT2D eigenvalue weighted by Crippen LogP contribution is -2.46. The first-order chi connectivity index (χ1) is 9.60. The number of hydrogen-bond acceptors (Lipinski definition) is 6. The van der Waals surface area contributed by atoms with Crippen LogP contribution in [0.5, 0.6) is 0 Å². The Morgan fingerprint density at radius 1 is 1.40 bits per heavy atom. The Kier molecular flexibility index (Phi) is 2.88. The Labute approximate surface area is 118 Å². The highest BCUT2D eigenvalue weighted by atomic mass is 35.5. The summed E-state index contributed by atoms with van der Waals surface area (Å²) in [6, 6.07) is 6.55. The summed E-state index contributed by atoms with van der Waals surface area (Å²) in [6.07, 6.45) is 0. The standard InChI is InChI=1S/C12H8ClN5O2/c13-11-9-2-1-8(18(19)20)3-10(9)12(16-15-11)17-5-7(4-14)6-17/h1-3,7H,5-6H2. The number of anilines is 1. The summed E-state index contributed by atoms with van der Waals surface area (Å²) in [5.74, 6) is 0.487. The van der Waals surface area contributed by atoms with Crippen molar-refractivity contribution in [3.05, 3.63) is 33.5 Å². The maximum absolute atomic E-state index is 10.9. The van der Waals surface area contributed by atoms with Gasteiger partial charge in [-0.15, -0.1) is 10.2 Å². The molecule has 1 aromatic heterocycles. The number of nitriles is 1. The third-order valence-corrected chi connectivity index (χ3v) is 3.55. The number of rotatable bonds is 2. The van der Waals surface area contributed by atoms with Crippen LogP contribution in [0.1, 0.15) is 0 Å². The number of benzene rings is 1. The van der Waals surface area contributed by atoms with Crippen molar-refractivity contribution >= 4 is 33.9 Å². The summed E-state index contributed by atoms with van der Waals surface area (Å²) in [7, 11) is 0. The van der Waals surface area contributed by atoms with Crippen LogP contribution in [0.25, 0.3) is 10.8 Å². The smallest absolute Gasteiger partial charge is 0.270 e. The first kappa shape index (κ1) is 12.6. The maximum atomic E-state index is 10.9. The van der Waals surface area contributed by atoms with Crippen molar-refractivity contribution in [3.63, 3.8) is 0 Å². The van der Waals surface area contributed by atoms with Gasteiger partial charge in [0.2, 0.25) is 0 Å². The monoisotopic (exact) mass is 289 g/mol. The Balaban J connectivity index is 2.12. The lowest BCUT2D eigenvalue weighted by Gasteiger charge is -2.36. The minimum absolute atomic E-state index is 0.0276. The van der Waals surface area contributed by atoms with E-state index in [1.807, 2.05) is 4.90 Å². The topological polar surface area (TPSA) is 96.0 Å². The van der Waals surface area contributed by atoms with Gasteiger partial charge in [-0.3, -0.25) is 10.1 Å². The van der Waals surface area contributed by atoms with Gasteiger partial charge in [-0.1, -0.05) is 11.6 Å². The lowest BCUT2D eigenvalue weighted by molar-refractivity contribution is -0.384. The van der Waals surface area contributed by atoms with E-state index in [-0.39, 0.29) is 16.8 Å². The van der Waals surface area contributed by atoms with E-state index in [4.69, 9.17) is 16.9 Å². The van der Waals surface area contributed by atoms with Gasteiger partial charge in [0, 0.05) is 36.0 Å². The second-order valence-electron chi connectivity index (χ2n) is 4.53. The molecule has 1 aliphatic rings. The predicted octanol–water partition coefficient (Wildman–Crippen LogP) is 2.15. The quantitative estimate of drug-likeness (QED) is 0.621. The number of fused-ring (bicyclic) bond motifs is 1. The Hall–Kier alpha value is -2.46. The molecule has 1 saturated heterocycles. The van der Waals surface area contributed by atoms with E-state index in [0.717, 1.165) is 0 Å². The maximum Gasteiger partial charge on any atom is 0.270 e. The lowest BCUT2D eigenvalue weighted by atomic mass is 10.0. The Morgan fingerprint density at radius 2 is 2.15 bits per heavy atom. The molecule has 1 aromatic carbocycles. The summed E-state index contributed by atoms with van der Waals surface area (Å²) >= 11 is 5.97. The molecule has 0 aliphatic carbocycles. The molecule has 7 nitrogen and oxygen atoms in total. The van der Waals surface area contributed by atoms with E-state index in [0.29, 0.717) is 29.7 Å². The molecule has 2 aromatic rings. The molecule has 0 amide bonds. The summed E-state index contributed by atoms with van der Waals surface area (Å²) in [6.45, 7) is 1.09. The van der Waals surface area contributed by atoms with Crippen molar-refractivity contribution in [1.29, 1.82) is 5.26 Å². The third-order valence-electron chi connectivity index (χ3n) is 3.27. The largest absolute Gasteiger partial charge is 0.352 e. The van der Waals surface area contributed by atoms with Crippen molar-refractivity contribution in [1.82, 2.24) is 10.2 Å². The number of nitro benzene ring substituents is 1. The number of halogens is 1. The Morgan fingerprint density at radius 3 is 2.80 bits per heavy atom. The van der Waals surface area contributed by atoms with Gasteiger partial charge < -0.3 is 4.90 Å². The van der Waals surface area contributed by atoms with Gasteiger partial charge in [-0.2, -0.15) is 5.26 Å². The van der Waals surface area contributed by atoms with Crippen LogP contribution in [0, 0.1) is 27.4 Å². The third kappa shape index (κ3) is 1.90. The fourth-order valence-corrected chi connectivity index (χ4v) is 2.38. The van der Waals surface area contributed by atoms with Gasteiger partial charge in [0.05, 0.1) is 16.9 Å². The van der Waals surface area contributed by atoms with Crippen LogP contribution in [-0.4, -0.2) is 28.2 Å². The molecule has 20 heavy (non-hydrogen) atoms. The highest BCUT2D eigenvalue weighted by molar-refractivity contribution is 6.34. The van der Waals surface area contributed by atoms with Crippen molar-refractivity contribution < 1.29 is 4.92 Å². The molecule has 0 saturated carbocycles. The first-order valence-electron chi connectivity index (χ1n) is 5.85. The molecule has 0 unspecified atom stereocenters. The highest BCUT2D eigenvalue weighted by Gasteiger charge is 2.29. The van der Waals surface area contributed by atoms with Crippen LogP contribution in [0.3, 0.4) is 0 Å². The zero-order valence-electron chi connectivity index (χ0n) is 10.2. The van der Waals surface area contributed by atoms with Gasteiger partial charge >= 0.3 is 0 Å². The van der Waals surface area contributed by atoms with Crippen LogP contribution < -0.4 is 4.90 Å². The number of nitrogens with zero attached hydrogens (tertiary/aromatic N) is 5. The van der Waals surface area contributed by atoms with Crippen LogP contribution in [-0.2, 0) is 0 Å². The van der Waals surface area contributed by atoms with E-state index in [2.05, 4.69) is 16.3 Å². The second kappa shape index (κ2) is 4.58. The fraction of sp³-hybridized carbons (Fsp3) is 0.250. The second-order valence-corrected chi connectivity index (χ2v) is 4.89. The number of hydrogen-bond donors (Lipinski definition) is 0. The summed E-state index contributed by atoms with van der Waals surface area (Å²) in [5, 5.41) is 28.9. The molecule has 0 radical (unpaired) electrons. The molecule has 2 heterocycles. The predicted molar refractivity (Wildman–Crippen MR) is 72.5 cm³/mol. The van der Waals surface area contributed by atoms with Crippen molar-refractivity contribution in [2.24, 2.45) is 5.92 Å². The van der Waals surface area contributed by atoms with Crippen LogP contribution in [0.2, 0.25) is 5.15 Å². The average molecular weight is 290 g/mol. The summed E-state index contributed by atoms with van der Waals surface area (Å²) in [5.41, 5.74) is -0.0276. The minimum Gasteiger partial charge on any atom is -0.352 e. The first-order valence-corrected chi connectivity index (χ1v) is 6.23. The molecule has 0 bridgehead atoms. The van der Waals surface area contributed by atoms with Crippen molar-refractivity contribution in [3.8, 4) is 6.07 Å². The van der Waals surface area contributed by atoms with Crippen molar-refractivity contribution in [2.45, 2.75) is 0 Å². The van der Waals surface area contributed by atoms with Gasteiger partial charge in [0.15, 0.2) is 11.0 Å². The van der Waals surface area contributed by atoms with E-state index < -0.39 is 4.92 Å². The van der Waals surface area contributed by atoms with Crippen LogP contribution in [0.15, 0.2) is 18.2 Å². The van der Waals surface area contributed by atoms with Crippen molar-refractivity contribution in [2.75, 3.05) is 18.0 Å². The Bertz CT molecular complexity index is 751. The van der Waals surface area contributed by atoms with Gasteiger partial charge in [-0.25, -0.2) is 0 Å². The van der Waals surface area contributed by atoms with Gasteiger partial charge in [0.1, 0.15) is 0 Å². The zero-order valence-corrected chi connectivity index (χ0v) is 10.9. The van der Waals surface area contributed by atoms with Crippen LogP contribution in [0.4, 0.5) is 11.5 Å². The molecule has 0 atom stereocenters. The van der Waals surface area contributed by atoms with Gasteiger partial charge in [0.25, 0.3) is 5.69 Å². The summed E-state index contributed by atoms with van der Waals surface area (Å²) in [4.78, 5) is 12.3. The highest BCUT2D eigenvalue weighted by Crippen LogP contribution is 2.34. The van der Waals surface area contributed by atoms with E-state index in [9.17, 15) is 10.1 Å². The molecule has 0 spiro atoms. The zero-order chi connectivity index (χ0) is 14.3. The van der Waals surface area contributed by atoms with E-state index in [1.165, 1.54) is 12.1 Å². The average Bonchev–Trinajstić information content (AvgIpc) is 2.39.